The van der Waals surface area contributed by atoms with E-state index in [-0.39, 0.29) is 5.91 Å². The van der Waals surface area contributed by atoms with Crippen LogP contribution < -0.4 is 5.32 Å². The summed E-state index contributed by atoms with van der Waals surface area (Å²) in [5.41, 5.74) is 0.569. The Labute approximate surface area is 127 Å². The van der Waals surface area contributed by atoms with Crippen LogP contribution in [0.2, 0.25) is 0 Å². The number of rotatable bonds is 7. The molecule has 6 heteroatoms. The Bertz CT molecular complexity index is 416. The van der Waals surface area contributed by atoms with Crippen molar-refractivity contribution < 1.29 is 14.3 Å². The normalized spacial score (nSPS) is 16.2. The largest absolute Gasteiger partial charge is 0.381 e. The summed E-state index contributed by atoms with van der Waals surface area (Å²) in [4.78, 5) is 14.6. The van der Waals surface area contributed by atoms with E-state index < -0.39 is 0 Å². The Balaban J connectivity index is 1.50. The van der Waals surface area contributed by atoms with Gasteiger partial charge in [-0.15, -0.1) is 0 Å². The number of ether oxygens (including phenoxy) is 2. The van der Waals surface area contributed by atoms with Crippen molar-refractivity contribution in [3.63, 3.8) is 0 Å². The predicted molar refractivity (Wildman–Crippen MR) is 79.8 cm³/mol. The molecular weight excluding hydrogens is 324 g/mol. The molecule has 5 nitrogen and oxygen atoms in total. The molecule has 2 N–H and O–H groups in total. The fourth-order valence-corrected chi connectivity index (χ4v) is 2.48. The maximum Gasteiger partial charge on any atom is 0.267 e. The molecule has 0 spiro atoms. The zero-order chi connectivity index (χ0) is 14.2. The van der Waals surface area contributed by atoms with Crippen LogP contribution in [0.3, 0.4) is 0 Å². The van der Waals surface area contributed by atoms with Gasteiger partial charge >= 0.3 is 0 Å². The van der Waals surface area contributed by atoms with Gasteiger partial charge in [0, 0.05) is 43.6 Å². The van der Waals surface area contributed by atoms with Crippen molar-refractivity contribution >= 4 is 21.8 Å². The third-order valence-electron chi connectivity index (χ3n) is 3.34. The number of carbonyl (C=O) groups is 1. The first kappa shape index (κ1) is 15.5. The average Bonchev–Trinajstić information content (AvgIpc) is 2.90. The van der Waals surface area contributed by atoms with Crippen molar-refractivity contribution in [1.82, 2.24) is 10.3 Å². The number of amides is 1. The summed E-state index contributed by atoms with van der Waals surface area (Å²) in [6.07, 6.45) is 4.76. The number of H-pyrrole nitrogens is 1. The lowest BCUT2D eigenvalue weighted by Crippen LogP contribution is -2.26. The predicted octanol–water partition coefficient (Wildman–Crippen LogP) is 2.34. The molecule has 1 aliphatic rings. The monoisotopic (exact) mass is 344 g/mol. The first-order chi connectivity index (χ1) is 9.75. The molecule has 0 bridgehead atoms. The van der Waals surface area contributed by atoms with E-state index in [9.17, 15) is 4.79 Å². The Morgan fingerprint density at radius 1 is 1.50 bits per heavy atom. The van der Waals surface area contributed by atoms with Gasteiger partial charge in [-0.1, -0.05) is 0 Å². The summed E-state index contributed by atoms with van der Waals surface area (Å²) in [5.74, 6) is 0.551. The Hall–Kier alpha value is -0.850. The fourth-order valence-electron chi connectivity index (χ4n) is 2.13. The minimum absolute atomic E-state index is 0.0832. The summed E-state index contributed by atoms with van der Waals surface area (Å²) in [5, 5.41) is 2.86. The van der Waals surface area contributed by atoms with Gasteiger partial charge in [0.2, 0.25) is 0 Å². The van der Waals surface area contributed by atoms with E-state index in [4.69, 9.17) is 9.47 Å². The molecule has 20 heavy (non-hydrogen) atoms. The van der Waals surface area contributed by atoms with E-state index in [0.717, 1.165) is 43.6 Å². The molecule has 1 saturated heterocycles. The standard InChI is InChI=1S/C14H21BrN2O3/c15-12-8-13(17-9-12)14(18)16-4-1-5-20-10-11-2-6-19-7-3-11/h8-9,11,17H,1-7,10H2,(H,16,18). The number of carbonyl (C=O) groups excluding carboxylic acids is 1. The highest BCUT2D eigenvalue weighted by atomic mass is 79.9. The van der Waals surface area contributed by atoms with Crippen LogP contribution in [0.25, 0.3) is 0 Å². The number of aromatic nitrogens is 1. The molecule has 112 valence electrons. The lowest BCUT2D eigenvalue weighted by Gasteiger charge is -2.21. The van der Waals surface area contributed by atoms with Gasteiger partial charge in [0.1, 0.15) is 5.69 Å². The smallest absolute Gasteiger partial charge is 0.267 e. The molecule has 1 aromatic rings. The van der Waals surface area contributed by atoms with Gasteiger partial charge in [0.05, 0.1) is 0 Å². The van der Waals surface area contributed by atoms with Crippen LogP contribution in [-0.4, -0.2) is 43.9 Å². The van der Waals surface area contributed by atoms with Gasteiger partial charge in [-0.05, 0) is 47.2 Å². The van der Waals surface area contributed by atoms with Gasteiger partial charge in [-0.25, -0.2) is 0 Å². The summed E-state index contributed by atoms with van der Waals surface area (Å²) in [6.45, 7) is 3.84. The molecule has 2 rings (SSSR count). The Kier molecular flexibility index (Phi) is 6.56. The van der Waals surface area contributed by atoms with E-state index in [1.54, 1.807) is 12.3 Å². The lowest BCUT2D eigenvalue weighted by molar-refractivity contribution is 0.0202. The molecule has 0 radical (unpaired) electrons. The zero-order valence-corrected chi connectivity index (χ0v) is 13.1. The third-order valence-corrected chi connectivity index (χ3v) is 3.80. The van der Waals surface area contributed by atoms with Crippen molar-refractivity contribution in [3.05, 3.63) is 22.4 Å². The highest BCUT2D eigenvalue weighted by Crippen LogP contribution is 2.14. The molecule has 0 aromatic carbocycles. The van der Waals surface area contributed by atoms with Crippen molar-refractivity contribution in [2.24, 2.45) is 5.92 Å². The molecule has 0 saturated carbocycles. The molecule has 1 amide bonds. The first-order valence-corrected chi connectivity index (χ1v) is 7.82. The fraction of sp³-hybridized carbons (Fsp3) is 0.643. The van der Waals surface area contributed by atoms with Gasteiger partial charge in [-0.2, -0.15) is 0 Å². The Morgan fingerprint density at radius 3 is 3.00 bits per heavy atom. The maximum atomic E-state index is 11.7. The van der Waals surface area contributed by atoms with Gasteiger partial charge in [0.15, 0.2) is 0 Å². The highest BCUT2D eigenvalue weighted by molar-refractivity contribution is 9.10. The van der Waals surface area contributed by atoms with E-state index in [0.29, 0.717) is 24.8 Å². The van der Waals surface area contributed by atoms with Crippen molar-refractivity contribution in [2.45, 2.75) is 19.3 Å². The molecule has 1 aromatic heterocycles. The molecule has 1 aliphatic heterocycles. The average molecular weight is 345 g/mol. The number of nitrogens with one attached hydrogen (secondary N) is 2. The van der Waals surface area contributed by atoms with Crippen LogP contribution in [0.5, 0.6) is 0 Å². The molecule has 0 unspecified atom stereocenters. The number of aromatic amines is 1. The van der Waals surface area contributed by atoms with Crippen molar-refractivity contribution in [1.29, 1.82) is 0 Å². The third kappa shape index (κ3) is 5.26. The summed E-state index contributed by atoms with van der Waals surface area (Å²) in [6, 6.07) is 1.76. The van der Waals surface area contributed by atoms with Crippen LogP contribution in [0.1, 0.15) is 29.8 Å². The van der Waals surface area contributed by atoms with Crippen molar-refractivity contribution in [3.8, 4) is 0 Å². The molecule has 2 heterocycles. The topological polar surface area (TPSA) is 63.4 Å². The van der Waals surface area contributed by atoms with E-state index in [1.807, 2.05) is 0 Å². The maximum absolute atomic E-state index is 11.7. The zero-order valence-electron chi connectivity index (χ0n) is 11.5. The van der Waals surface area contributed by atoms with E-state index >= 15 is 0 Å². The van der Waals surface area contributed by atoms with Gasteiger partial charge in [-0.3, -0.25) is 4.79 Å². The SMILES string of the molecule is O=C(NCCCOCC1CCOCC1)c1cc(Br)c[nH]1. The second-order valence-corrected chi connectivity index (χ2v) is 5.89. The number of halogens is 1. The second-order valence-electron chi connectivity index (χ2n) is 4.97. The van der Waals surface area contributed by atoms with Gasteiger partial charge in [0.25, 0.3) is 5.91 Å². The highest BCUT2D eigenvalue weighted by Gasteiger charge is 2.13. The number of hydrogen-bond acceptors (Lipinski definition) is 3. The van der Waals surface area contributed by atoms with Gasteiger partial charge < -0.3 is 19.8 Å². The van der Waals surface area contributed by atoms with Crippen LogP contribution in [0, 0.1) is 5.92 Å². The molecule has 1 fully saturated rings. The van der Waals surface area contributed by atoms with E-state index in [2.05, 4.69) is 26.2 Å². The van der Waals surface area contributed by atoms with Crippen LogP contribution in [0.4, 0.5) is 0 Å². The second kappa shape index (κ2) is 8.44. The number of hydrogen-bond donors (Lipinski definition) is 2. The van der Waals surface area contributed by atoms with E-state index in [1.165, 1.54) is 0 Å². The van der Waals surface area contributed by atoms with Crippen LogP contribution in [0.15, 0.2) is 16.7 Å². The molecular formula is C14H21BrN2O3. The summed E-state index contributed by atoms with van der Waals surface area (Å²) in [7, 11) is 0. The van der Waals surface area contributed by atoms with Crippen LogP contribution in [-0.2, 0) is 9.47 Å². The summed E-state index contributed by atoms with van der Waals surface area (Å²) < 4.78 is 11.8. The molecule has 0 aliphatic carbocycles. The minimum atomic E-state index is -0.0832. The Morgan fingerprint density at radius 2 is 2.30 bits per heavy atom. The van der Waals surface area contributed by atoms with Crippen molar-refractivity contribution in [2.75, 3.05) is 33.0 Å². The molecule has 0 atom stereocenters. The minimum Gasteiger partial charge on any atom is -0.381 e. The summed E-state index contributed by atoms with van der Waals surface area (Å²) >= 11 is 3.30. The van der Waals surface area contributed by atoms with Crippen LogP contribution >= 0.6 is 15.9 Å². The quantitative estimate of drug-likeness (QED) is 0.746. The first-order valence-electron chi connectivity index (χ1n) is 7.03. The lowest BCUT2D eigenvalue weighted by atomic mass is 10.0.